The van der Waals surface area contributed by atoms with Crippen molar-refractivity contribution in [1.29, 1.82) is 0 Å². The van der Waals surface area contributed by atoms with Gasteiger partial charge in [0, 0.05) is 51.2 Å². The smallest absolute Gasteiger partial charge is 0.335 e. The molecule has 4 amide bonds. The number of nitrogens with zero attached hydrogens (tertiary/aromatic N) is 2. The molecule has 170 valence electrons. The number of hydroxylamine groups is 4. The Morgan fingerprint density at radius 1 is 0.742 bits per heavy atom. The molecule has 0 fully saturated rings. The number of benzene rings is 1. The molecule has 0 saturated carbocycles. The second kappa shape index (κ2) is 12.2. The highest BCUT2D eigenvalue weighted by molar-refractivity contribution is 5.98. The maximum Gasteiger partial charge on any atom is 0.335 e. The molecule has 0 aliphatic rings. The van der Waals surface area contributed by atoms with Crippen molar-refractivity contribution >= 4 is 41.0 Å². The predicted octanol–water partition coefficient (Wildman–Crippen LogP) is 1.30. The summed E-state index contributed by atoms with van der Waals surface area (Å²) in [5.74, 6) is -3.30. The van der Waals surface area contributed by atoms with Crippen LogP contribution < -0.4 is 10.6 Å². The maximum absolute atomic E-state index is 12.0. The summed E-state index contributed by atoms with van der Waals surface area (Å²) >= 11 is 0. The minimum atomic E-state index is -1.26. The molecule has 0 saturated heterocycles. The Bertz CT molecular complexity index is 780. The third-order valence-electron chi connectivity index (χ3n) is 4.06. The Balaban J connectivity index is 2.71. The molecule has 0 radical (unpaired) electrons. The fourth-order valence-corrected chi connectivity index (χ4v) is 2.47. The molecule has 1 aromatic carbocycles. The lowest BCUT2D eigenvalue weighted by Gasteiger charge is -2.12. The highest BCUT2D eigenvalue weighted by Gasteiger charge is 2.13. The molecular formula is C19H26N4O8. The highest BCUT2D eigenvalue weighted by atomic mass is 16.5. The van der Waals surface area contributed by atoms with Gasteiger partial charge in [0.1, 0.15) is 0 Å². The first kappa shape index (κ1) is 25.5. The Kier molecular flexibility index (Phi) is 10.1. The summed E-state index contributed by atoms with van der Waals surface area (Å²) in [7, 11) is 2.36. The van der Waals surface area contributed by atoms with Crippen molar-refractivity contribution in [3.8, 4) is 0 Å². The number of carboxylic acid groups (broad SMARTS) is 1. The first-order chi connectivity index (χ1) is 14.5. The number of hydrogen-bond donors (Lipinski definition) is 5. The van der Waals surface area contributed by atoms with E-state index in [1.54, 1.807) is 0 Å². The fourth-order valence-electron chi connectivity index (χ4n) is 2.47. The molecule has 12 nitrogen and oxygen atoms in total. The van der Waals surface area contributed by atoms with Crippen molar-refractivity contribution in [2.75, 3.05) is 24.7 Å². The SMILES string of the molecule is CN(O)C(=O)CCCC(=O)Nc1cc(NC(=O)CCCC(=O)N(C)O)cc(C(=O)O)c1. The Morgan fingerprint density at radius 3 is 1.45 bits per heavy atom. The van der Waals surface area contributed by atoms with Gasteiger partial charge in [0.25, 0.3) is 0 Å². The van der Waals surface area contributed by atoms with Crippen molar-refractivity contribution in [2.24, 2.45) is 0 Å². The molecule has 0 aliphatic heterocycles. The van der Waals surface area contributed by atoms with Gasteiger partial charge >= 0.3 is 5.97 Å². The quantitative estimate of drug-likeness (QED) is 0.253. The maximum atomic E-state index is 12.0. The van der Waals surface area contributed by atoms with Gasteiger partial charge < -0.3 is 15.7 Å². The van der Waals surface area contributed by atoms with Gasteiger partial charge in [0.15, 0.2) is 0 Å². The van der Waals surface area contributed by atoms with Crippen LogP contribution >= 0.6 is 0 Å². The summed E-state index contributed by atoms with van der Waals surface area (Å²) in [6.45, 7) is 0. The van der Waals surface area contributed by atoms with Crippen molar-refractivity contribution in [3.05, 3.63) is 23.8 Å². The number of nitrogens with one attached hydrogen (secondary N) is 2. The number of carboxylic acids is 1. The predicted molar refractivity (Wildman–Crippen MR) is 107 cm³/mol. The molecule has 0 aromatic heterocycles. The van der Waals surface area contributed by atoms with E-state index in [0.29, 0.717) is 10.1 Å². The Hall–Kier alpha value is -3.51. The molecule has 0 unspecified atom stereocenters. The Morgan fingerprint density at radius 2 is 1.13 bits per heavy atom. The second-order valence-electron chi connectivity index (χ2n) is 6.74. The van der Waals surface area contributed by atoms with Crippen molar-refractivity contribution in [2.45, 2.75) is 38.5 Å². The average Bonchev–Trinajstić information content (AvgIpc) is 2.67. The molecule has 0 heterocycles. The van der Waals surface area contributed by atoms with Crippen LogP contribution in [0.5, 0.6) is 0 Å². The van der Waals surface area contributed by atoms with Gasteiger partial charge in [-0.1, -0.05) is 0 Å². The van der Waals surface area contributed by atoms with Gasteiger partial charge in [-0.05, 0) is 31.0 Å². The number of aromatic carboxylic acids is 1. The van der Waals surface area contributed by atoms with Crippen LogP contribution in [0.2, 0.25) is 0 Å². The molecule has 5 N–H and O–H groups in total. The molecule has 31 heavy (non-hydrogen) atoms. The van der Waals surface area contributed by atoms with Gasteiger partial charge in [0.2, 0.25) is 23.6 Å². The lowest BCUT2D eigenvalue weighted by molar-refractivity contribution is -0.159. The average molecular weight is 438 g/mol. The van der Waals surface area contributed by atoms with Gasteiger partial charge in [-0.25, -0.2) is 14.9 Å². The van der Waals surface area contributed by atoms with E-state index in [1.165, 1.54) is 32.3 Å². The third kappa shape index (κ3) is 9.69. The van der Waals surface area contributed by atoms with Gasteiger partial charge in [-0.15, -0.1) is 0 Å². The summed E-state index contributed by atoms with van der Waals surface area (Å²) in [5.41, 5.74) is 0.119. The number of anilines is 2. The lowest BCUT2D eigenvalue weighted by atomic mass is 10.1. The number of carbonyl (C=O) groups excluding carboxylic acids is 4. The van der Waals surface area contributed by atoms with E-state index in [-0.39, 0.29) is 55.5 Å². The standard InChI is InChI=1S/C19H26N4O8/c1-22(30)17(26)7-3-5-15(24)20-13-9-12(19(28)29)10-14(11-13)21-16(25)6-4-8-18(27)23(2)31/h9-11,30-31H,3-8H2,1-2H3,(H,20,24)(H,21,25)(H,28,29). The van der Waals surface area contributed by atoms with Crippen molar-refractivity contribution < 1.29 is 39.5 Å². The Labute approximate surface area is 178 Å². The lowest BCUT2D eigenvalue weighted by Crippen LogP contribution is -2.22. The molecule has 12 heteroatoms. The van der Waals surface area contributed by atoms with Gasteiger partial charge in [-0.3, -0.25) is 29.6 Å². The van der Waals surface area contributed by atoms with E-state index in [9.17, 15) is 29.1 Å². The molecule has 0 aliphatic carbocycles. The first-order valence-electron chi connectivity index (χ1n) is 9.38. The van der Waals surface area contributed by atoms with Crippen LogP contribution in [-0.2, 0) is 19.2 Å². The summed E-state index contributed by atoms with van der Waals surface area (Å²) in [4.78, 5) is 58.0. The van der Waals surface area contributed by atoms with Crippen LogP contribution in [0.15, 0.2) is 18.2 Å². The van der Waals surface area contributed by atoms with Gasteiger partial charge in [0.05, 0.1) is 5.56 Å². The van der Waals surface area contributed by atoms with Crippen LogP contribution in [0.1, 0.15) is 48.9 Å². The zero-order valence-electron chi connectivity index (χ0n) is 17.3. The largest absolute Gasteiger partial charge is 0.478 e. The zero-order valence-corrected chi connectivity index (χ0v) is 17.3. The van der Waals surface area contributed by atoms with Crippen molar-refractivity contribution in [1.82, 2.24) is 10.1 Å². The van der Waals surface area contributed by atoms with E-state index in [2.05, 4.69) is 10.6 Å². The first-order valence-corrected chi connectivity index (χ1v) is 9.38. The van der Waals surface area contributed by atoms with E-state index in [0.717, 1.165) is 0 Å². The molecule has 0 spiro atoms. The number of amides is 4. The van der Waals surface area contributed by atoms with Crippen molar-refractivity contribution in [3.63, 3.8) is 0 Å². The summed E-state index contributed by atoms with van der Waals surface area (Å²) in [6.07, 6.45) is 0.216. The number of rotatable bonds is 11. The minimum Gasteiger partial charge on any atom is -0.478 e. The molecule has 1 aromatic rings. The van der Waals surface area contributed by atoms with Crippen LogP contribution in [0.4, 0.5) is 11.4 Å². The summed E-state index contributed by atoms with van der Waals surface area (Å²) in [6, 6.07) is 3.82. The van der Waals surface area contributed by atoms with Crippen LogP contribution in [0.25, 0.3) is 0 Å². The van der Waals surface area contributed by atoms with Gasteiger partial charge in [-0.2, -0.15) is 0 Å². The number of carbonyl (C=O) groups is 5. The fraction of sp³-hybridized carbons (Fsp3) is 0.421. The zero-order chi connectivity index (χ0) is 23.6. The summed E-state index contributed by atoms with van der Waals surface area (Å²) < 4.78 is 0. The van der Waals surface area contributed by atoms with Crippen LogP contribution in [0.3, 0.4) is 0 Å². The molecule has 1 rings (SSSR count). The van der Waals surface area contributed by atoms with E-state index < -0.39 is 29.6 Å². The van der Waals surface area contributed by atoms with E-state index in [4.69, 9.17) is 10.4 Å². The van der Waals surface area contributed by atoms with E-state index >= 15 is 0 Å². The molecule has 0 bridgehead atoms. The minimum absolute atomic E-state index is 0.0358. The summed E-state index contributed by atoms with van der Waals surface area (Å²) in [5, 5.41) is 33.1. The molecule has 0 atom stereocenters. The van der Waals surface area contributed by atoms with E-state index in [1.807, 2.05) is 0 Å². The molecular weight excluding hydrogens is 412 g/mol. The normalized spacial score (nSPS) is 10.2. The third-order valence-corrected chi connectivity index (χ3v) is 4.06. The topological polar surface area (TPSA) is 177 Å². The highest BCUT2D eigenvalue weighted by Crippen LogP contribution is 2.20. The van der Waals surface area contributed by atoms with Crippen LogP contribution in [-0.4, -0.2) is 69.3 Å². The van der Waals surface area contributed by atoms with Crippen LogP contribution in [0, 0.1) is 0 Å². The number of hydrogen-bond acceptors (Lipinski definition) is 7. The second-order valence-corrected chi connectivity index (χ2v) is 6.74. The monoisotopic (exact) mass is 438 g/mol.